The van der Waals surface area contributed by atoms with Gasteiger partial charge in [0.05, 0.1) is 19.9 Å². The molecule has 0 bridgehead atoms. The van der Waals surface area contributed by atoms with Crippen LogP contribution in [0.2, 0.25) is 10.0 Å². The SMILES string of the molecule is OC(Cc1cccc(Cl)c1Cl)c1cc(Br)c(Br)s1. The van der Waals surface area contributed by atoms with Crippen LogP contribution in [0.15, 0.2) is 32.5 Å². The number of hydrogen-bond acceptors (Lipinski definition) is 2. The molecule has 1 aromatic carbocycles. The standard InChI is InChI=1S/C12H8Br2Cl2OS/c13-7-5-10(18-12(7)14)9(17)4-6-2-1-3-8(15)11(6)16/h1-3,5,9,17H,4H2. The maximum atomic E-state index is 10.2. The minimum absolute atomic E-state index is 0.443. The Morgan fingerprint density at radius 1 is 1.28 bits per heavy atom. The van der Waals surface area contributed by atoms with Crippen molar-refractivity contribution in [2.75, 3.05) is 0 Å². The molecular weight excluding hydrogens is 423 g/mol. The molecule has 0 spiro atoms. The number of rotatable bonds is 3. The molecule has 1 atom stereocenters. The van der Waals surface area contributed by atoms with Crippen molar-refractivity contribution in [3.05, 3.63) is 53.0 Å². The highest BCUT2D eigenvalue weighted by molar-refractivity contribution is 9.13. The maximum absolute atomic E-state index is 10.2. The number of halogens is 4. The Morgan fingerprint density at radius 2 is 2.00 bits per heavy atom. The molecule has 0 aliphatic heterocycles. The molecule has 96 valence electrons. The molecule has 1 nitrogen and oxygen atoms in total. The molecule has 6 heteroatoms. The monoisotopic (exact) mass is 428 g/mol. The highest BCUT2D eigenvalue weighted by atomic mass is 79.9. The summed E-state index contributed by atoms with van der Waals surface area (Å²) in [6.07, 6.45) is -0.146. The second kappa shape index (κ2) is 6.25. The summed E-state index contributed by atoms with van der Waals surface area (Å²) >= 11 is 20.4. The summed E-state index contributed by atoms with van der Waals surface area (Å²) in [6, 6.07) is 7.33. The van der Waals surface area contributed by atoms with Crippen molar-refractivity contribution < 1.29 is 5.11 Å². The van der Waals surface area contributed by atoms with Gasteiger partial charge in [0, 0.05) is 15.8 Å². The largest absolute Gasteiger partial charge is 0.387 e. The number of benzene rings is 1. The Morgan fingerprint density at radius 3 is 2.61 bits per heavy atom. The molecule has 0 aliphatic carbocycles. The van der Waals surface area contributed by atoms with E-state index in [0.29, 0.717) is 16.5 Å². The van der Waals surface area contributed by atoms with Gasteiger partial charge in [0.25, 0.3) is 0 Å². The van der Waals surface area contributed by atoms with Crippen LogP contribution in [0.4, 0.5) is 0 Å². The summed E-state index contributed by atoms with van der Waals surface area (Å²) < 4.78 is 1.91. The summed E-state index contributed by atoms with van der Waals surface area (Å²) in [4.78, 5) is 0.879. The lowest BCUT2D eigenvalue weighted by molar-refractivity contribution is 0.182. The van der Waals surface area contributed by atoms with Crippen LogP contribution in [0, 0.1) is 0 Å². The first-order valence-corrected chi connectivity index (χ1v) is 8.20. The van der Waals surface area contributed by atoms with Crippen LogP contribution < -0.4 is 0 Å². The minimum Gasteiger partial charge on any atom is -0.387 e. The van der Waals surface area contributed by atoms with E-state index in [2.05, 4.69) is 31.9 Å². The minimum atomic E-state index is -0.589. The highest BCUT2D eigenvalue weighted by Crippen LogP contribution is 2.37. The van der Waals surface area contributed by atoms with E-state index in [1.165, 1.54) is 11.3 Å². The van der Waals surface area contributed by atoms with Crippen molar-refractivity contribution in [1.29, 1.82) is 0 Å². The first-order valence-electron chi connectivity index (χ1n) is 5.04. The van der Waals surface area contributed by atoms with Crippen molar-refractivity contribution in [2.45, 2.75) is 12.5 Å². The van der Waals surface area contributed by atoms with Crippen LogP contribution in [-0.2, 0) is 6.42 Å². The third kappa shape index (κ3) is 3.30. The van der Waals surface area contributed by atoms with Crippen molar-refractivity contribution in [2.24, 2.45) is 0 Å². The van der Waals surface area contributed by atoms with Crippen molar-refractivity contribution >= 4 is 66.4 Å². The molecule has 1 heterocycles. The zero-order chi connectivity index (χ0) is 13.3. The Bertz CT molecular complexity index is 552. The van der Waals surface area contributed by atoms with Gasteiger partial charge in [0.2, 0.25) is 0 Å². The van der Waals surface area contributed by atoms with Gasteiger partial charge in [-0.15, -0.1) is 11.3 Å². The number of thiophene rings is 1. The summed E-state index contributed by atoms with van der Waals surface area (Å²) in [6.45, 7) is 0. The second-order valence-electron chi connectivity index (χ2n) is 3.70. The maximum Gasteiger partial charge on any atom is 0.0923 e. The van der Waals surface area contributed by atoms with Gasteiger partial charge in [0.1, 0.15) is 0 Å². The van der Waals surface area contributed by atoms with Gasteiger partial charge in [0.15, 0.2) is 0 Å². The fourth-order valence-corrected chi connectivity index (χ4v) is 4.02. The Kier molecular flexibility index (Phi) is 5.14. The summed E-state index contributed by atoms with van der Waals surface area (Å²) in [7, 11) is 0. The van der Waals surface area contributed by atoms with Crippen molar-refractivity contribution in [3.8, 4) is 0 Å². The number of aliphatic hydroxyl groups is 1. The molecule has 0 aliphatic rings. The van der Waals surface area contributed by atoms with Gasteiger partial charge < -0.3 is 5.11 Å². The van der Waals surface area contributed by atoms with Crippen LogP contribution in [0.5, 0.6) is 0 Å². The third-order valence-electron chi connectivity index (χ3n) is 2.44. The van der Waals surface area contributed by atoms with Crippen LogP contribution in [0.25, 0.3) is 0 Å². The van der Waals surface area contributed by atoms with E-state index >= 15 is 0 Å². The summed E-state index contributed by atoms with van der Waals surface area (Å²) in [5, 5.41) is 11.2. The lowest BCUT2D eigenvalue weighted by Crippen LogP contribution is -2.00. The van der Waals surface area contributed by atoms with E-state index in [1.54, 1.807) is 6.07 Å². The molecule has 0 saturated carbocycles. The fourth-order valence-electron chi connectivity index (χ4n) is 1.54. The zero-order valence-corrected chi connectivity index (χ0v) is 14.5. The van der Waals surface area contributed by atoms with E-state index < -0.39 is 6.10 Å². The smallest absolute Gasteiger partial charge is 0.0923 e. The molecule has 2 rings (SSSR count). The molecule has 2 aromatic rings. The highest BCUT2D eigenvalue weighted by Gasteiger charge is 2.15. The lowest BCUT2D eigenvalue weighted by atomic mass is 10.1. The average molecular weight is 431 g/mol. The van der Waals surface area contributed by atoms with E-state index in [-0.39, 0.29) is 0 Å². The van der Waals surface area contributed by atoms with Crippen molar-refractivity contribution in [1.82, 2.24) is 0 Å². The molecule has 0 fully saturated rings. The Labute approximate surface area is 136 Å². The van der Waals surface area contributed by atoms with Gasteiger partial charge in [-0.3, -0.25) is 0 Å². The first kappa shape index (κ1) is 14.8. The second-order valence-corrected chi connectivity index (χ2v) is 7.74. The molecule has 18 heavy (non-hydrogen) atoms. The average Bonchev–Trinajstić information content (AvgIpc) is 2.66. The molecular formula is C12H8Br2Cl2OS. The molecule has 0 radical (unpaired) electrons. The lowest BCUT2D eigenvalue weighted by Gasteiger charge is -2.10. The topological polar surface area (TPSA) is 20.2 Å². The zero-order valence-electron chi connectivity index (χ0n) is 8.96. The van der Waals surface area contributed by atoms with Gasteiger partial charge in [-0.05, 0) is 49.6 Å². The van der Waals surface area contributed by atoms with Gasteiger partial charge >= 0.3 is 0 Å². The van der Waals surface area contributed by atoms with E-state index in [1.807, 2.05) is 18.2 Å². The van der Waals surface area contributed by atoms with E-state index in [4.69, 9.17) is 23.2 Å². The first-order chi connectivity index (χ1) is 8.49. The fraction of sp³-hybridized carbons (Fsp3) is 0.167. The Balaban J connectivity index is 2.21. The predicted octanol–water partition coefficient (Wildman–Crippen LogP) is 5.86. The van der Waals surface area contributed by atoms with Crippen LogP contribution in [-0.4, -0.2) is 5.11 Å². The van der Waals surface area contributed by atoms with Crippen LogP contribution >= 0.6 is 66.4 Å². The van der Waals surface area contributed by atoms with Crippen LogP contribution in [0.1, 0.15) is 16.5 Å². The van der Waals surface area contributed by atoms with Gasteiger partial charge in [-0.1, -0.05) is 35.3 Å². The number of hydrogen-bond donors (Lipinski definition) is 1. The normalized spacial score (nSPS) is 12.7. The van der Waals surface area contributed by atoms with E-state index in [9.17, 15) is 5.11 Å². The third-order valence-corrected chi connectivity index (χ3v) is 6.65. The molecule has 1 aromatic heterocycles. The molecule has 1 unspecified atom stereocenters. The summed E-state index contributed by atoms with van der Waals surface area (Å²) in [5.74, 6) is 0. The van der Waals surface area contributed by atoms with E-state index in [0.717, 1.165) is 18.7 Å². The molecule has 0 amide bonds. The summed E-state index contributed by atoms with van der Waals surface area (Å²) in [5.41, 5.74) is 0.845. The van der Waals surface area contributed by atoms with Crippen molar-refractivity contribution in [3.63, 3.8) is 0 Å². The molecule has 0 saturated heterocycles. The Hall–Kier alpha value is 0.420. The van der Waals surface area contributed by atoms with Gasteiger partial charge in [-0.2, -0.15) is 0 Å². The van der Waals surface area contributed by atoms with Crippen LogP contribution in [0.3, 0.4) is 0 Å². The number of aliphatic hydroxyl groups excluding tert-OH is 1. The van der Waals surface area contributed by atoms with Gasteiger partial charge in [-0.25, -0.2) is 0 Å². The quantitative estimate of drug-likeness (QED) is 0.647. The predicted molar refractivity (Wildman–Crippen MR) is 84.8 cm³/mol. The molecule has 1 N–H and O–H groups in total.